The van der Waals surface area contributed by atoms with Crippen LogP contribution >= 0.6 is 0 Å². The molecule has 2 heterocycles. The van der Waals surface area contributed by atoms with E-state index in [1.165, 1.54) is 37.1 Å². The Labute approximate surface area is 129 Å². The van der Waals surface area contributed by atoms with Crippen LogP contribution in [0.25, 0.3) is 16.3 Å². The highest BCUT2D eigenvalue weighted by Gasteiger charge is 2.32. The maximum Gasteiger partial charge on any atom is 0.416 e. The Morgan fingerprint density at radius 1 is 1.00 bits per heavy atom. The van der Waals surface area contributed by atoms with Gasteiger partial charge in [-0.05, 0) is 12.1 Å². The molecule has 1 aromatic carbocycles. The van der Waals surface area contributed by atoms with Crippen molar-refractivity contribution in [2.75, 3.05) is 14.2 Å². The van der Waals surface area contributed by atoms with Crippen LogP contribution in [0.5, 0.6) is 17.2 Å². The molecule has 3 aromatic rings. The molecule has 0 unspecified atom stereocenters. The largest absolute Gasteiger partial charge is 0.502 e. The Kier molecular flexibility index (Phi) is 3.43. The number of methoxy groups -OCH3 is 2. The fraction of sp³-hybridized carbons (Fsp3) is 0.188. The first kappa shape index (κ1) is 15.2. The zero-order valence-corrected chi connectivity index (χ0v) is 12.3. The number of hydrogen-bond acceptors (Lipinski definition) is 3. The summed E-state index contributed by atoms with van der Waals surface area (Å²) in [5, 5.41) is 10.9. The molecule has 2 aromatic heterocycles. The molecular weight excluding hydrogens is 311 g/mol. The van der Waals surface area contributed by atoms with Crippen molar-refractivity contribution < 1.29 is 32.2 Å². The third-order valence-electron chi connectivity index (χ3n) is 3.65. The molecule has 0 saturated carbocycles. The second-order valence-corrected chi connectivity index (χ2v) is 4.97. The summed E-state index contributed by atoms with van der Waals surface area (Å²) in [5.74, 6) is 0.676. The number of aromatic hydroxyl groups is 1. The van der Waals surface area contributed by atoms with Crippen LogP contribution in [0.2, 0.25) is 0 Å². The van der Waals surface area contributed by atoms with Gasteiger partial charge < -0.3 is 14.6 Å². The normalized spacial score (nSPS) is 11.9. The highest BCUT2D eigenvalue weighted by molar-refractivity contribution is 5.99. The summed E-state index contributed by atoms with van der Waals surface area (Å²) in [6.45, 7) is 0. The number of benzene rings is 1. The van der Waals surface area contributed by atoms with Crippen LogP contribution in [0.1, 0.15) is 5.56 Å². The molecule has 0 aliphatic heterocycles. The quantitative estimate of drug-likeness (QED) is 0.581. The van der Waals surface area contributed by atoms with E-state index in [0.29, 0.717) is 27.8 Å². The van der Waals surface area contributed by atoms with Crippen LogP contribution in [-0.4, -0.2) is 19.3 Å². The summed E-state index contributed by atoms with van der Waals surface area (Å²) in [6, 6.07) is 5.07. The predicted molar refractivity (Wildman–Crippen MR) is 76.9 cm³/mol. The minimum atomic E-state index is -4.45. The van der Waals surface area contributed by atoms with Crippen molar-refractivity contribution in [1.29, 1.82) is 0 Å². The minimum absolute atomic E-state index is 0.0711. The van der Waals surface area contributed by atoms with Gasteiger partial charge in [-0.15, -0.1) is 0 Å². The van der Waals surface area contributed by atoms with Crippen LogP contribution in [0.4, 0.5) is 13.2 Å². The maximum absolute atomic E-state index is 13.0. The fourth-order valence-corrected chi connectivity index (χ4v) is 2.52. The number of hydrogen-bond donors (Lipinski definition) is 1. The van der Waals surface area contributed by atoms with E-state index in [1.807, 2.05) is 0 Å². The van der Waals surface area contributed by atoms with Crippen LogP contribution in [-0.2, 0) is 6.18 Å². The highest BCUT2D eigenvalue weighted by atomic mass is 19.4. The summed E-state index contributed by atoms with van der Waals surface area (Å²) < 4.78 is 50.7. The predicted octanol–water partition coefficient (Wildman–Crippen LogP) is 3.32. The zero-order chi connectivity index (χ0) is 16.8. The van der Waals surface area contributed by atoms with Crippen molar-refractivity contribution in [2.24, 2.45) is 0 Å². The van der Waals surface area contributed by atoms with Crippen LogP contribution in [0, 0.1) is 0 Å². The van der Waals surface area contributed by atoms with Gasteiger partial charge in [-0.25, -0.2) is 0 Å². The Bertz CT molecular complexity index is 907. The van der Waals surface area contributed by atoms with E-state index in [-0.39, 0.29) is 5.75 Å². The highest BCUT2D eigenvalue weighted by Crippen LogP contribution is 2.37. The SMILES string of the molecule is COc1cc2c(O)c[n+]3ccc(C(F)(F)F)cc3c2cc1OC. The Morgan fingerprint density at radius 3 is 2.17 bits per heavy atom. The van der Waals surface area contributed by atoms with E-state index in [9.17, 15) is 18.3 Å². The molecule has 0 spiro atoms. The summed E-state index contributed by atoms with van der Waals surface area (Å²) in [5.41, 5.74) is -0.465. The van der Waals surface area contributed by atoms with E-state index in [4.69, 9.17) is 9.47 Å². The molecule has 0 saturated heterocycles. The zero-order valence-electron chi connectivity index (χ0n) is 12.3. The maximum atomic E-state index is 13.0. The number of fused-ring (bicyclic) bond motifs is 3. The lowest BCUT2D eigenvalue weighted by atomic mass is 10.1. The van der Waals surface area contributed by atoms with E-state index < -0.39 is 11.7 Å². The van der Waals surface area contributed by atoms with Gasteiger partial charge in [0.05, 0.1) is 25.2 Å². The van der Waals surface area contributed by atoms with Crippen molar-refractivity contribution >= 4 is 16.3 Å². The van der Waals surface area contributed by atoms with Gasteiger partial charge in [0, 0.05) is 17.5 Å². The molecule has 7 heteroatoms. The molecule has 0 atom stereocenters. The summed E-state index contributed by atoms with van der Waals surface area (Å²) >= 11 is 0. The number of ether oxygens (including phenoxy) is 2. The smallest absolute Gasteiger partial charge is 0.416 e. The first-order chi connectivity index (χ1) is 10.8. The van der Waals surface area contributed by atoms with Crippen molar-refractivity contribution in [1.82, 2.24) is 0 Å². The molecule has 4 nitrogen and oxygen atoms in total. The van der Waals surface area contributed by atoms with Gasteiger partial charge in [0.25, 0.3) is 0 Å². The second kappa shape index (κ2) is 5.19. The first-order valence-electron chi connectivity index (χ1n) is 6.65. The van der Waals surface area contributed by atoms with Crippen LogP contribution < -0.4 is 13.9 Å². The molecule has 1 N–H and O–H groups in total. The van der Waals surface area contributed by atoms with Crippen molar-refractivity contribution in [3.8, 4) is 17.2 Å². The number of aromatic nitrogens is 1. The van der Waals surface area contributed by atoms with Crippen molar-refractivity contribution in [2.45, 2.75) is 6.18 Å². The number of alkyl halides is 3. The molecule has 0 aliphatic carbocycles. The van der Waals surface area contributed by atoms with E-state index in [1.54, 1.807) is 6.07 Å². The lowest BCUT2D eigenvalue weighted by molar-refractivity contribution is -0.511. The third kappa shape index (κ3) is 2.48. The van der Waals surface area contributed by atoms with E-state index in [2.05, 4.69) is 0 Å². The molecule has 0 radical (unpaired) electrons. The minimum Gasteiger partial charge on any atom is -0.502 e. The van der Waals surface area contributed by atoms with Gasteiger partial charge in [-0.2, -0.15) is 17.6 Å². The number of rotatable bonds is 2. The number of nitrogens with zero attached hydrogens (tertiary/aromatic N) is 1. The standard InChI is InChI=1S/C16H12F3NO3/c1-22-14-6-10-11(7-15(14)23-2)13(21)8-20-4-3-9(5-12(10)20)16(17,18)19/h3-8H,1-2H3/p+1. The number of pyridine rings is 2. The van der Waals surface area contributed by atoms with Gasteiger partial charge in [0.2, 0.25) is 11.7 Å². The molecule has 0 bridgehead atoms. The van der Waals surface area contributed by atoms with Crippen LogP contribution in [0.15, 0.2) is 36.7 Å². The van der Waals surface area contributed by atoms with E-state index in [0.717, 1.165) is 12.1 Å². The Morgan fingerprint density at radius 2 is 1.61 bits per heavy atom. The Hall–Kier alpha value is -2.70. The molecule has 3 rings (SSSR count). The molecule has 0 amide bonds. The van der Waals surface area contributed by atoms with Gasteiger partial charge in [-0.3, -0.25) is 0 Å². The van der Waals surface area contributed by atoms with Crippen molar-refractivity contribution in [3.63, 3.8) is 0 Å². The van der Waals surface area contributed by atoms with E-state index >= 15 is 0 Å². The monoisotopic (exact) mass is 324 g/mol. The fourth-order valence-electron chi connectivity index (χ4n) is 2.52. The van der Waals surface area contributed by atoms with Gasteiger partial charge in [0.15, 0.2) is 23.4 Å². The van der Waals surface area contributed by atoms with Gasteiger partial charge in [-0.1, -0.05) is 0 Å². The summed E-state index contributed by atoms with van der Waals surface area (Å²) in [6.07, 6.45) is -1.84. The second-order valence-electron chi connectivity index (χ2n) is 4.97. The van der Waals surface area contributed by atoms with Gasteiger partial charge >= 0.3 is 6.18 Å². The molecular formula is C16H13F3NO3+. The average Bonchev–Trinajstić information content (AvgIpc) is 2.52. The summed E-state index contributed by atoms with van der Waals surface area (Å²) in [4.78, 5) is 0. The molecule has 120 valence electrons. The lowest BCUT2D eigenvalue weighted by Crippen LogP contribution is -2.22. The molecule has 0 fully saturated rings. The lowest BCUT2D eigenvalue weighted by Gasteiger charge is -2.10. The third-order valence-corrected chi connectivity index (χ3v) is 3.65. The average molecular weight is 324 g/mol. The topological polar surface area (TPSA) is 42.8 Å². The van der Waals surface area contributed by atoms with Crippen LogP contribution in [0.3, 0.4) is 0 Å². The molecule has 23 heavy (non-hydrogen) atoms. The number of halogens is 3. The van der Waals surface area contributed by atoms with Gasteiger partial charge in [0.1, 0.15) is 0 Å². The molecule has 0 aliphatic rings. The van der Waals surface area contributed by atoms with Crippen molar-refractivity contribution in [3.05, 3.63) is 42.2 Å². The first-order valence-corrected chi connectivity index (χ1v) is 6.65. The Balaban J connectivity index is 2.43. The summed E-state index contributed by atoms with van der Waals surface area (Å²) in [7, 11) is 2.88.